The average Bonchev–Trinajstić information content (AvgIpc) is 3.13. The lowest BCUT2D eigenvalue weighted by atomic mass is 9.96. The molecule has 1 aliphatic heterocycles. The Kier molecular flexibility index (Phi) is 7.05. The summed E-state index contributed by atoms with van der Waals surface area (Å²) in [5.74, 6) is -1.44. The Labute approximate surface area is 182 Å². The lowest BCUT2D eigenvalue weighted by Gasteiger charge is -2.24. The first kappa shape index (κ1) is 22.5. The molecule has 2 atom stereocenters. The number of halogens is 1. The number of hydrogen-bond donors (Lipinski definition) is 1. The van der Waals surface area contributed by atoms with E-state index < -0.39 is 17.6 Å². The highest BCUT2D eigenvalue weighted by Gasteiger charge is 2.37. The van der Waals surface area contributed by atoms with Gasteiger partial charge in [0.25, 0.3) is 0 Å². The largest absolute Gasteiger partial charge is 0.336 e. The Morgan fingerprint density at radius 3 is 2.68 bits per heavy atom. The predicted octanol–water partition coefficient (Wildman–Crippen LogP) is 3.79. The van der Waals surface area contributed by atoms with Crippen LogP contribution in [0.4, 0.5) is 15.8 Å². The summed E-state index contributed by atoms with van der Waals surface area (Å²) in [5, 5.41) is 2.58. The molecule has 0 radical (unpaired) electrons. The minimum atomic E-state index is -0.510. The molecule has 1 aliphatic rings. The van der Waals surface area contributed by atoms with Crippen molar-refractivity contribution >= 4 is 29.1 Å². The number of anilines is 2. The molecule has 0 bridgehead atoms. The van der Waals surface area contributed by atoms with Crippen molar-refractivity contribution in [3.05, 3.63) is 59.9 Å². The van der Waals surface area contributed by atoms with Crippen molar-refractivity contribution in [2.24, 2.45) is 5.92 Å². The van der Waals surface area contributed by atoms with E-state index >= 15 is 0 Å². The molecule has 0 unspecified atom stereocenters. The third kappa shape index (κ3) is 5.29. The summed E-state index contributed by atoms with van der Waals surface area (Å²) >= 11 is 0. The van der Waals surface area contributed by atoms with E-state index in [1.54, 1.807) is 11.0 Å². The molecular weight excluding hydrogens is 397 g/mol. The van der Waals surface area contributed by atoms with Gasteiger partial charge in [-0.1, -0.05) is 38.1 Å². The van der Waals surface area contributed by atoms with Crippen molar-refractivity contribution in [3.8, 4) is 0 Å². The number of rotatable bonds is 7. The van der Waals surface area contributed by atoms with Crippen molar-refractivity contribution in [2.45, 2.75) is 32.6 Å². The molecule has 1 N–H and O–H groups in total. The van der Waals surface area contributed by atoms with Crippen molar-refractivity contribution in [2.75, 3.05) is 30.4 Å². The van der Waals surface area contributed by atoms with Gasteiger partial charge in [-0.2, -0.15) is 0 Å². The van der Waals surface area contributed by atoms with Gasteiger partial charge in [-0.05, 0) is 42.2 Å². The van der Waals surface area contributed by atoms with Gasteiger partial charge in [-0.15, -0.1) is 0 Å². The van der Waals surface area contributed by atoms with E-state index in [2.05, 4.69) is 19.2 Å². The molecule has 31 heavy (non-hydrogen) atoms. The molecule has 1 heterocycles. The monoisotopic (exact) mass is 425 g/mol. The molecular formula is C24H28FN3O3. The topological polar surface area (TPSA) is 69.7 Å². The second-order valence-electron chi connectivity index (χ2n) is 8.03. The Balaban J connectivity index is 1.64. The first-order valence-electron chi connectivity index (χ1n) is 10.5. The van der Waals surface area contributed by atoms with Gasteiger partial charge in [0.05, 0.1) is 12.5 Å². The summed E-state index contributed by atoms with van der Waals surface area (Å²) in [5.41, 5.74) is 2.27. The third-order valence-corrected chi connectivity index (χ3v) is 5.71. The van der Waals surface area contributed by atoms with E-state index in [4.69, 9.17) is 0 Å². The van der Waals surface area contributed by atoms with E-state index in [1.807, 2.05) is 24.3 Å². The van der Waals surface area contributed by atoms with E-state index in [0.717, 1.165) is 17.7 Å². The van der Waals surface area contributed by atoms with Gasteiger partial charge >= 0.3 is 0 Å². The molecule has 0 saturated carbocycles. The van der Waals surface area contributed by atoms with Crippen LogP contribution in [0, 0.1) is 11.7 Å². The van der Waals surface area contributed by atoms with Crippen molar-refractivity contribution in [1.29, 1.82) is 0 Å². The van der Waals surface area contributed by atoms with Crippen LogP contribution in [0.15, 0.2) is 48.5 Å². The summed E-state index contributed by atoms with van der Waals surface area (Å²) in [6.45, 7) is 4.33. The lowest BCUT2D eigenvalue weighted by molar-refractivity contribution is -0.137. The number of carbonyl (C=O) groups is 3. The van der Waals surface area contributed by atoms with Crippen LogP contribution in [0.2, 0.25) is 0 Å². The summed E-state index contributed by atoms with van der Waals surface area (Å²) in [6.07, 6.45) is 1.06. The fraction of sp³-hybridized carbons (Fsp3) is 0.375. The Morgan fingerprint density at radius 1 is 1.23 bits per heavy atom. The van der Waals surface area contributed by atoms with Gasteiger partial charge in [-0.25, -0.2) is 4.39 Å². The molecule has 0 aliphatic carbocycles. The van der Waals surface area contributed by atoms with Gasteiger partial charge in [-0.3, -0.25) is 14.4 Å². The molecule has 0 aromatic heterocycles. The first-order chi connectivity index (χ1) is 14.8. The normalized spacial score (nSPS) is 16.8. The number of amides is 3. The van der Waals surface area contributed by atoms with Gasteiger partial charge < -0.3 is 15.1 Å². The highest BCUT2D eigenvalue weighted by atomic mass is 19.1. The second kappa shape index (κ2) is 9.73. The SMILES string of the molecule is CC[C@@H](C)c1ccccc1N1C[C@H](C(=O)N(C)CC(=O)Nc2cccc(F)c2)CC1=O. The van der Waals surface area contributed by atoms with Crippen LogP contribution in [0.1, 0.15) is 38.2 Å². The molecule has 6 nitrogen and oxygen atoms in total. The maximum absolute atomic E-state index is 13.3. The Bertz CT molecular complexity index is 978. The molecule has 7 heteroatoms. The maximum Gasteiger partial charge on any atom is 0.243 e. The number of likely N-dealkylation sites (N-methyl/N-ethyl adjacent to an activating group) is 1. The zero-order chi connectivity index (χ0) is 22.5. The van der Waals surface area contributed by atoms with E-state index in [-0.39, 0.29) is 24.8 Å². The van der Waals surface area contributed by atoms with Gasteiger partial charge in [0.15, 0.2) is 0 Å². The number of carbonyl (C=O) groups excluding carboxylic acids is 3. The molecule has 2 aromatic carbocycles. The molecule has 3 rings (SSSR count). The maximum atomic E-state index is 13.3. The Hall–Kier alpha value is -3.22. The van der Waals surface area contributed by atoms with Crippen LogP contribution in [-0.2, 0) is 14.4 Å². The van der Waals surface area contributed by atoms with Crippen LogP contribution in [0.3, 0.4) is 0 Å². The highest BCUT2D eigenvalue weighted by Crippen LogP contribution is 2.33. The van der Waals surface area contributed by atoms with Gasteiger partial charge in [0, 0.05) is 31.4 Å². The van der Waals surface area contributed by atoms with Crippen LogP contribution >= 0.6 is 0 Å². The van der Waals surface area contributed by atoms with Crippen molar-refractivity contribution < 1.29 is 18.8 Å². The Morgan fingerprint density at radius 2 is 1.97 bits per heavy atom. The first-order valence-corrected chi connectivity index (χ1v) is 10.5. The van der Waals surface area contributed by atoms with E-state index in [9.17, 15) is 18.8 Å². The van der Waals surface area contributed by atoms with Crippen LogP contribution in [0.5, 0.6) is 0 Å². The molecule has 3 amide bonds. The number of nitrogens with one attached hydrogen (secondary N) is 1. The number of benzene rings is 2. The summed E-state index contributed by atoms with van der Waals surface area (Å²) in [7, 11) is 1.54. The summed E-state index contributed by atoms with van der Waals surface area (Å²) in [6, 6.07) is 13.4. The second-order valence-corrected chi connectivity index (χ2v) is 8.03. The third-order valence-electron chi connectivity index (χ3n) is 5.71. The standard InChI is InChI=1S/C24H28FN3O3/c1-4-16(2)20-10-5-6-11-21(20)28-14-17(12-23(28)30)24(31)27(3)15-22(29)26-19-9-7-8-18(25)13-19/h5-11,13,16-17H,4,12,14-15H2,1-3H3,(H,26,29)/t16-,17-/m1/s1. The molecule has 1 saturated heterocycles. The van der Waals surface area contributed by atoms with E-state index in [0.29, 0.717) is 18.2 Å². The van der Waals surface area contributed by atoms with Crippen molar-refractivity contribution in [3.63, 3.8) is 0 Å². The number of nitrogens with zero attached hydrogens (tertiary/aromatic N) is 2. The zero-order valence-corrected chi connectivity index (χ0v) is 18.1. The summed E-state index contributed by atoms with van der Waals surface area (Å²) < 4.78 is 13.3. The average molecular weight is 426 g/mol. The number of hydrogen-bond acceptors (Lipinski definition) is 3. The van der Waals surface area contributed by atoms with Crippen LogP contribution in [0.25, 0.3) is 0 Å². The molecule has 2 aromatic rings. The van der Waals surface area contributed by atoms with Crippen LogP contribution < -0.4 is 10.2 Å². The minimum Gasteiger partial charge on any atom is -0.336 e. The lowest BCUT2D eigenvalue weighted by Crippen LogP contribution is -2.39. The smallest absolute Gasteiger partial charge is 0.243 e. The van der Waals surface area contributed by atoms with Gasteiger partial charge in [0.1, 0.15) is 5.82 Å². The van der Waals surface area contributed by atoms with E-state index in [1.165, 1.54) is 30.1 Å². The predicted molar refractivity (Wildman–Crippen MR) is 118 cm³/mol. The highest BCUT2D eigenvalue weighted by molar-refractivity contribution is 6.02. The van der Waals surface area contributed by atoms with Crippen LogP contribution in [-0.4, -0.2) is 42.8 Å². The molecule has 0 spiro atoms. The summed E-state index contributed by atoms with van der Waals surface area (Å²) in [4.78, 5) is 40.9. The fourth-order valence-corrected chi connectivity index (χ4v) is 3.85. The zero-order valence-electron chi connectivity index (χ0n) is 18.1. The quantitative estimate of drug-likeness (QED) is 0.734. The molecule has 1 fully saturated rings. The minimum absolute atomic E-state index is 0.0910. The van der Waals surface area contributed by atoms with Gasteiger partial charge in [0.2, 0.25) is 17.7 Å². The molecule has 164 valence electrons. The van der Waals surface area contributed by atoms with Crippen molar-refractivity contribution in [1.82, 2.24) is 4.90 Å². The fourth-order valence-electron chi connectivity index (χ4n) is 3.85. The number of para-hydroxylation sites is 1.